The molecule has 1 aromatic heterocycles. The molecule has 3 heterocycles. The number of amides is 1. The van der Waals surface area contributed by atoms with Gasteiger partial charge in [-0.1, -0.05) is 11.3 Å². The molecule has 222 valence electrons. The Labute approximate surface area is 252 Å². The molecule has 0 aliphatic carbocycles. The number of hydrogen-bond acceptors (Lipinski definition) is 10. The van der Waals surface area contributed by atoms with Gasteiger partial charge in [-0.2, -0.15) is 0 Å². The lowest BCUT2D eigenvalue weighted by atomic mass is 9.94. The summed E-state index contributed by atoms with van der Waals surface area (Å²) in [5.41, 5.74) is 2.33. The van der Waals surface area contributed by atoms with Crippen molar-refractivity contribution in [3.05, 3.63) is 70.8 Å². The van der Waals surface area contributed by atoms with Gasteiger partial charge in [0.2, 0.25) is 5.75 Å². The fourth-order valence-corrected chi connectivity index (χ4v) is 6.60. The van der Waals surface area contributed by atoms with Crippen molar-refractivity contribution in [2.24, 2.45) is 0 Å². The summed E-state index contributed by atoms with van der Waals surface area (Å²) < 4.78 is 28.9. The third-order valence-corrected chi connectivity index (χ3v) is 8.50. The second kappa shape index (κ2) is 11.1. The molecule has 0 spiro atoms. The number of carbonyl (C=O) groups excluding carboxylic acids is 2. The lowest BCUT2D eigenvalue weighted by Gasteiger charge is -2.24. The molecule has 1 fully saturated rings. The normalized spacial score (nSPS) is 19.0. The molecule has 1 saturated heterocycles. The molecule has 0 bridgehead atoms. The Morgan fingerprint density at radius 3 is 2.47 bits per heavy atom. The summed E-state index contributed by atoms with van der Waals surface area (Å²) in [5, 5.41) is 12.0. The highest BCUT2D eigenvalue weighted by Gasteiger charge is 2.49. The first kappa shape index (κ1) is 28.4. The SMILES string of the molecule is CCOc1ccc2nc(N3C(=O)C(=O)C(=C(O)c4ccc5c(c4)C[C@@H](C)O5)[C@H]3c3cc(OC)c(OC)c(OC)c3)sc2c1. The fraction of sp³-hybridized carbons (Fsp3) is 0.281. The Hall–Kier alpha value is -4.77. The third kappa shape index (κ3) is 4.79. The van der Waals surface area contributed by atoms with Crippen molar-refractivity contribution in [3.8, 4) is 28.7 Å². The van der Waals surface area contributed by atoms with E-state index in [1.807, 2.05) is 19.9 Å². The first-order valence-electron chi connectivity index (χ1n) is 13.7. The van der Waals surface area contributed by atoms with Gasteiger partial charge in [-0.3, -0.25) is 14.5 Å². The Morgan fingerprint density at radius 1 is 1.05 bits per heavy atom. The minimum atomic E-state index is -1.05. The van der Waals surface area contributed by atoms with Crippen LogP contribution in [-0.4, -0.2) is 55.8 Å². The fourth-order valence-electron chi connectivity index (χ4n) is 5.58. The van der Waals surface area contributed by atoms with E-state index in [0.717, 1.165) is 16.0 Å². The lowest BCUT2D eigenvalue weighted by molar-refractivity contribution is -0.132. The summed E-state index contributed by atoms with van der Waals surface area (Å²) in [6, 6.07) is 13.0. The van der Waals surface area contributed by atoms with Crippen molar-refractivity contribution in [2.45, 2.75) is 32.4 Å². The van der Waals surface area contributed by atoms with Crippen LogP contribution < -0.4 is 28.6 Å². The average molecular weight is 603 g/mol. The molecule has 3 aromatic carbocycles. The van der Waals surface area contributed by atoms with Gasteiger partial charge in [0, 0.05) is 12.0 Å². The monoisotopic (exact) mass is 602 g/mol. The van der Waals surface area contributed by atoms with E-state index < -0.39 is 17.7 Å². The van der Waals surface area contributed by atoms with Crippen molar-refractivity contribution in [2.75, 3.05) is 32.8 Å². The third-order valence-electron chi connectivity index (χ3n) is 7.48. The summed E-state index contributed by atoms with van der Waals surface area (Å²) in [5.74, 6) is 0.449. The molecule has 0 radical (unpaired) electrons. The number of ketones is 1. The smallest absolute Gasteiger partial charge is 0.301 e. The number of Topliss-reactive ketones (excluding diaryl/α,β-unsaturated/α-hetero) is 1. The van der Waals surface area contributed by atoms with Crippen LogP contribution in [0.2, 0.25) is 0 Å². The van der Waals surface area contributed by atoms with Crippen molar-refractivity contribution < 1.29 is 38.4 Å². The van der Waals surface area contributed by atoms with Crippen LogP contribution in [0.4, 0.5) is 5.13 Å². The maximum absolute atomic E-state index is 13.8. The van der Waals surface area contributed by atoms with Gasteiger partial charge in [0.05, 0.1) is 49.8 Å². The highest BCUT2D eigenvalue weighted by atomic mass is 32.1. The number of aliphatic hydroxyl groups excluding tert-OH is 1. The summed E-state index contributed by atoms with van der Waals surface area (Å²) in [6.45, 7) is 4.36. The molecule has 10 nitrogen and oxygen atoms in total. The number of carbonyl (C=O) groups is 2. The number of methoxy groups -OCH3 is 3. The number of benzene rings is 3. The van der Waals surface area contributed by atoms with Crippen molar-refractivity contribution in [3.63, 3.8) is 0 Å². The van der Waals surface area contributed by atoms with E-state index in [-0.39, 0.29) is 17.4 Å². The molecule has 0 saturated carbocycles. The number of fused-ring (bicyclic) bond motifs is 2. The molecule has 2 atom stereocenters. The predicted octanol–water partition coefficient (Wildman–Crippen LogP) is 5.67. The largest absolute Gasteiger partial charge is 0.507 e. The summed E-state index contributed by atoms with van der Waals surface area (Å²) in [7, 11) is 4.45. The van der Waals surface area contributed by atoms with Crippen molar-refractivity contribution in [1.82, 2.24) is 4.98 Å². The molecule has 1 amide bonds. The molecule has 2 aliphatic rings. The quantitative estimate of drug-likeness (QED) is 0.155. The van der Waals surface area contributed by atoms with Crippen LogP contribution >= 0.6 is 11.3 Å². The molecule has 11 heteroatoms. The number of ether oxygens (including phenoxy) is 5. The number of rotatable bonds is 8. The molecule has 0 unspecified atom stereocenters. The van der Waals surface area contributed by atoms with Gasteiger partial charge in [0.1, 0.15) is 23.4 Å². The van der Waals surface area contributed by atoms with E-state index in [4.69, 9.17) is 28.7 Å². The first-order chi connectivity index (χ1) is 20.8. The van der Waals surface area contributed by atoms with Crippen LogP contribution in [0, 0.1) is 0 Å². The lowest BCUT2D eigenvalue weighted by Crippen LogP contribution is -2.29. The predicted molar refractivity (Wildman–Crippen MR) is 162 cm³/mol. The zero-order chi connectivity index (χ0) is 30.4. The standard InChI is InChI=1S/C32H30N2O8S/c1-6-41-20-8-9-21-25(15-20)43-32(33-21)34-27(19-13-23(38-3)30(40-5)24(14-19)39-4)26(29(36)31(34)37)28(35)17-7-10-22-18(12-17)11-16(2)42-22/h7-10,12-16,27,35H,6,11H2,1-5H3/t16-,27-/m1/s1. The zero-order valence-electron chi connectivity index (χ0n) is 24.3. The Morgan fingerprint density at radius 2 is 1.79 bits per heavy atom. The summed E-state index contributed by atoms with van der Waals surface area (Å²) in [4.78, 5) is 33.6. The number of aliphatic hydroxyl groups is 1. The van der Waals surface area contributed by atoms with Crippen LogP contribution in [0.1, 0.15) is 36.6 Å². The molecular formula is C32H30N2O8S. The van der Waals surface area contributed by atoms with Gasteiger partial charge in [0.15, 0.2) is 16.6 Å². The average Bonchev–Trinajstić information content (AvgIpc) is 3.67. The Balaban J connectivity index is 1.56. The van der Waals surface area contributed by atoms with Crippen LogP contribution in [0.5, 0.6) is 28.7 Å². The van der Waals surface area contributed by atoms with E-state index in [1.165, 1.54) is 37.6 Å². The van der Waals surface area contributed by atoms with Gasteiger partial charge < -0.3 is 28.8 Å². The molecule has 1 N–H and O–H groups in total. The Bertz CT molecular complexity index is 1770. The van der Waals surface area contributed by atoms with Crippen molar-refractivity contribution in [1.29, 1.82) is 0 Å². The highest BCUT2D eigenvalue weighted by Crippen LogP contribution is 2.48. The van der Waals surface area contributed by atoms with Gasteiger partial charge in [-0.05, 0) is 73.5 Å². The van der Waals surface area contributed by atoms with E-state index in [2.05, 4.69) is 0 Å². The number of hydrogen-bond donors (Lipinski definition) is 1. The minimum absolute atomic E-state index is 0.000479. The number of nitrogens with zero attached hydrogens (tertiary/aromatic N) is 2. The van der Waals surface area contributed by atoms with E-state index in [0.29, 0.717) is 57.8 Å². The molecule has 6 rings (SSSR count). The van der Waals surface area contributed by atoms with Gasteiger partial charge >= 0.3 is 5.91 Å². The molecular weight excluding hydrogens is 572 g/mol. The van der Waals surface area contributed by atoms with E-state index >= 15 is 0 Å². The first-order valence-corrected chi connectivity index (χ1v) is 14.5. The Kier molecular flexibility index (Phi) is 7.35. The highest BCUT2D eigenvalue weighted by molar-refractivity contribution is 7.22. The van der Waals surface area contributed by atoms with Gasteiger partial charge in [0.25, 0.3) is 5.78 Å². The molecule has 43 heavy (non-hydrogen) atoms. The minimum Gasteiger partial charge on any atom is -0.507 e. The number of anilines is 1. The molecule has 2 aliphatic heterocycles. The van der Waals surface area contributed by atoms with E-state index in [9.17, 15) is 14.7 Å². The van der Waals surface area contributed by atoms with E-state index in [1.54, 1.807) is 42.5 Å². The van der Waals surface area contributed by atoms with Crippen LogP contribution in [0.3, 0.4) is 0 Å². The zero-order valence-corrected chi connectivity index (χ0v) is 25.1. The summed E-state index contributed by atoms with van der Waals surface area (Å²) in [6.07, 6.45) is 0.663. The summed E-state index contributed by atoms with van der Waals surface area (Å²) >= 11 is 1.25. The number of aromatic nitrogens is 1. The maximum atomic E-state index is 13.8. The second-order valence-electron chi connectivity index (χ2n) is 10.1. The van der Waals surface area contributed by atoms with Gasteiger partial charge in [-0.15, -0.1) is 0 Å². The maximum Gasteiger partial charge on any atom is 0.301 e. The van der Waals surface area contributed by atoms with Crippen LogP contribution in [0.25, 0.3) is 16.0 Å². The number of thiazole rings is 1. The topological polar surface area (TPSA) is 117 Å². The second-order valence-corrected chi connectivity index (χ2v) is 11.2. The van der Waals surface area contributed by atoms with Gasteiger partial charge in [-0.25, -0.2) is 4.98 Å². The molecule has 4 aromatic rings. The van der Waals surface area contributed by atoms with Crippen LogP contribution in [0.15, 0.2) is 54.1 Å². The van der Waals surface area contributed by atoms with Crippen LogP contribution in [-0.2, 0) is 16.0 Å². The van der Waals surface area contributed by atoms with Crippen molar-refractivity contribution >= 4 is 44.1 Å².